The van der Waals surface area contributed by atoms with Crippen LogP contribution in [0.4, 0.5) is 5.82 Å². The molecule has 0 aliphatic carbocycles. The van der Waals surface area contributed by atoms with Crippen LogP contribution in [-0.4, -0.2) is 38.9 Å². The molecule has 0 fully saturated rings. The van der Waals surface area contributed by atoms with Crippen molar-refractivity contribution in [1.29, 1.82) is 0 Å². The van der Waals surface area contributed by atoms with E-state index in [1.165, 1.54) is 0 Å². The predicted molar refractivity (Wildman–Crippen MR) is 93.7 cm³/mol. The molecule has 2 aromatic rings. The molecular weight excluding hydrogens is 302 g/mol. The van der Waals surface area contributed by atoms with Gasteiger partial charge in [-0.25, -0.2) is 0 Å². The molecule has 1 aliphatic heterocycles. The number of amides is 1. The van der Waals surface area contributed by atoms with E-state index in [2.05, 4.69) is 45.6 Å². The Balaban J connectivity index is 1.63. The average molecular weight is 325 g/mol. The van der Waals surface area contributed by atoms with Crippen molar-refractivity contribution < 1.29 is 4.79 Å². The van der Waals surface area contributed by atoms with Crippen LogP contribution in [0, 0.1) is 0 Å². The molecule has 126 valence electrons. The maximum atomic E-state index is 12.4. The van der Waals surface area contributed by atoms with Gasteiger partial charge in [-0.1, -0.05) is 31.2 Å². The molecule has 1 aromatic heterocycles. The molecule has 1 N–H and O–H groups in total. The molecule has 24 heavy (non-hydrogen) atoms. The predicted octanol–water partition coefficient (Wildman–Crippen LogP) is 2.70. The zero-order chi connectivity index (χ0) is 16.8. The van der Waals surface area contributed by atoms with Gasteiger partial charge in [0.1, 0.15) is 0 Å². The molecule has 1 amide bonds. The second-order valence-corrected chi connectivity index (χ2v) is 5.98. The summed E-state index contributed by atoms with van der Waals surface area (Å²) in [6.07, 6.45) is 8.03. The third-order valence-electron chi connectivity index (χ3n) is 3.94. The van der Waals surface area contributed by atoms with E-state index in [0.29, 0.717) is 11.4 Å². The summed E-state index contributed by atoms with van der Waals surface area (Å²) in [5.41, 5.74) is 1.79. The molecular formula is C18H23N5O. The molecule has 2 heterocycles. The maximum Gasteiger partial charge on any atom is 0.256 e. The van der Waals surface area contributed by atoms with Crippen molar-refractivity contribution in [2.75, 3.05) is 18.4 Å². The third kappa shape index (κ3) is 4.29. The first-order valence-electron chi connectivity index (χ1n) is 8.42. The number of benzene rings is 1. The fourth-order valence-corrected chi connectivity index (χ4v) is 2.75. The standard InChI is InChI=1S/C18H23N5O/c1-2-9-23-19-13-17(21-23)20-18(24)16-8-6-7-15(12-16)14-22-10-4-3-5-11-22/h3-4,6-8,12-13H,2,5,9-11,14H2,1H3,(H,20,21,24). The number of hydrogen-bond donors (Lipinski definition) is 1. The van der Waals surface area contributed by atoms with Gasteiger partial charge in [-0.3, -0.25) is 9.69 Å². The van der Waals surface area contributed by atoms with E-state index in [0.717, 1.165) is 44.6 Å². The van der Waals surface area contributed by atoms with Crippen molar-refractivity contribution in [3.8, 4) is 0 Å². The van der Waals surface area contributed by atoms with Gasteiger partial charge in [0, 0.05) is 25.2 Å². The molecule has 0 bridgehead atoms. The number of nitrogens with one attached hydrogen (secondary N) is 1. The lowest BCUT2D eigenvalue weighted by atomic mass is 10.1. The van der Waals surface area contributed by atoms with Gasteiger partial charge in [0.05, 0.1) is 12.7 Å². The Bertz CT molecular complexity index is 722. The number of nitrogens with zero attached hydrogens (tertiary/aromatic N) is 4. The zero-order valence-electron chi connectivity index (χ0n) is 14.0. The molecule has 0 radical (unpaired) electrons. The van der Waals surface area contributed by atoms with Crippen molar-refractivity contribution in [2.45, 2.75) is 32.9 Å². The van der Waals surface area contributed by atoms with E-state index < -0.39 is 0 Å². The maximum absolute atomic E-state index is 12.4. The molecule has 0 saturated carbocycles. The van der Waals surface area contributed by atoms with Crippen LogP contribution in [-0.2, 0) is 13.1 Å². The van der Waals surface area contributed by atoms with Crippen LogP contribution in [0.25, 0.3) is 0 Å². The molecule has 0 saturated heterocycles. The fraction of sp³-hybridized carbons (Fsp3) is 0.389. The van der Waals surface area contributed by atoms with E-state index in [-0.39, 0.29) is 5.91 Å². The van der Waals surface area contributed by atoms with Crippen molar-refractivity contribution >= 4 is 11.7 Å². The van der Waals surface area contributed by atoms with E-state index in [1.807, 2.05) is 18.2 Å². The minimum Gasteiger partial charge on any atom is -0.304 e. The van der Waals surface area contributed by atoms with Gasteiger partial charge in [0.25, 0.3) is 5.91 Å². The Labute approximate surface area is 142 Å². The summed E-state index contributed by atoms with van der Waals surface area (Å²) in [5.74, 6) is 0.332. The largest absolute Gasteiger partial charge is 0.304 e. The number of aryl methyl sites for hydroxylation is 1. The van der Waals surface area contributed by atoms with Gasteiger partial charge in [-0.2, -0.15) is 9.90 Å². The lowest BCUT2D eigenvalue weighted by molar-refractivity contribution is 0.102. The lowest BCUT2D eigenvalue weighted by Crippen LogP contribution is -2.26. The molecule has 6 nitrogen and oxygen atoms in total. The van der Waals surface area contributed by atoms with Gasteiger partial charge in [-0.05, 0) is 30.5 Å². The SMILES string of the molecule is CCCn1ncc(NC(=O)c2cccc(CN3CC=CCC3)c2)n1. The molecule has 1 aromatic carbocycles. The van der Waals surface area contributed by atoms with Crippen LogP contribution in [0.5, 0.6) is 0 Å². The Morgan fingerprint density at radius 2 is 2.25 bits per heavy atom. The van der Waals surface area contributed by atoms with Crippen molar-refractivity contribution in [3.05, 3.63) is 53.7 Å². The second-order valence-electron chi connectivity index (χ2n) is 5.98. The smallest absolute Gasteiger partial charge is 0.256 e. The van der Waals surface area contributed by atoms with Crippen LogP contribution in [0.1, 0.15) is 35.7 Å². The van der Waals surface area contributed by atoms with Gasteiger partial charge in [0.2, 0.25) is 0 Å². The highest BCUT2D eigenvalue weighted by Gasteiger charge is 2.11. The summed E-state index contributed by atoms with van der Waals surface area (Å²) in [6.45, 7) is 5.70. The topological polar surface area (TPSA) is 63.1 Å². The quantitative estimate of drug-likeness (QED) is 0.830. The van der Waals surface area contributed by atoms with Crippen molar-refractivity contribution in [1.82, 2.24) is 19.9 Å². The van der Waals surface area contributed by atoms with E-state index >= 15 is 0 Å². The van der Waals surface area contributed by atoms with Crippen LogP contribution in [0.2, 0.25) is 0 Å². The molecule has 0 unspecified atom stereocenters. The minimum atomic E-state index is -0.154. The van der Waals surface area contributed by atoms with Crippen molar-refractivity contribution in [2.24, 2.45) is 0 Å². The normalized spacial score (nSPS) is 14.7. The number of hydrogen-bond acceptors (Lipinski definition) is 4. The van der Waals surface area contributed by atoms with E-state index in [1.54, 1.807) is 11.0 Å². The minimum absolute atomic E-state index is 0.154. The van der Waals surface area contributed by atoms with E-state index in [4.69, 9.17) is 0 Å². The molecule has 6 heteroatoms. The zero-order valence-corrected chi connectivity index (χ0v) is 14.0. The van der Waals surface area contributed by atoms with Crippen molar-refractivity contribution in [3.63, 3.8) is 0 Å². The number of carbonyl (C=O) groups excluding carboxylic acids is 1. The van der Waals surface area contributed by atoms with Crippen LogP contribution >= 0.6 is 0 Å². The monoisotopic (exact) mass is 325 g/mol. The lowest BCUT2D eigenvalue weighted by Gasteiger charge is -2.23. The number of carbonyl (C=O) groups is 1. The molecule has 0 spiro atoms. The van der Waals surface area contributed by atoms with Gasteiger partial charge >= 0.3 is 0 Å². The van der Waals surface area contributed by atoms with Crippen LogP contribution < -0.4 is 5.32 Å². The van der Waals surface area contributed by atoms with Gasteiger partial charge < -0.3 is 5.32 Å². The molecule has 1 aliphatic rings. The number of aromatic nitrogens is 3. The Morgan fingerprint density at radius 1 is 1.33 bits per heavy atom. The highest BCUT2D eigenvalue weighted by Crippen LogP contribution is 2.12. The third-order valence-corrected chi connectivity index (χ3v) is 3.94. The Morgan fingerprint density at radius 3 is 3.04 bits per heavy atom. The first kappa shape index (κ1) is 16.4. The molecule has 0 atom stereocenters. The Kier molecular flexibility index (Phi) is 5.38. The summed E-state index contributed by atoms with van der Waals surface area (Å²) in [7, 11) is 0. The summed E-state index contributed by atoms with van der Waals surface area (Å²) >= 11 is 0. The number of rotatable bonds is 6. The van der Waals surface area contributed by atoms with Gasteiger partial charge in [0.15, 0.2) is 5.82 Å². The number of anilines is 1. The highest BCUT2D eigenvalue weighted by molar-refractivity contribution is 6.03. The van der Waals surface area contributed by atoms with E-state index in [9.17, 15) is 4.79 Å². The first-order chi connectivity index (χ1) is 11.7. The Hall–Kier alpha value is -2.47. The first-order valence-corrected chi connectivity index (χ1v) is 8.42. The van der Waals surface area contributed by atoms with Crippen LogP contribution in [0.15, 0.2) is 42.6 Å². The summed E-state index contributed by atoms with van der Waals surface area (Å²) in [5, 5.41) is 11.2. The van der Waals surface area contributed by atoms with Crippen LogP contribution in [0.3, 0.4) is 0 Å². The molecule has 3 rings (SSSR count). The average Bonchev–Trinajstić information content (AvgIpc) is 3.03. The summed E-state index contributed by atoms with van der Waals surface area (Å²) in [4.78, 5) is 16.4. The summed E-state index contributed by atoms with van der Waals surface area (Å²) in [6, 6.07) is 7.76. The fourth-order valence-electron chi connectivity index (χ4n) is 2.75. The second kappa shape index (κ2) is 7.88. The summed E-state index contributed by atoms with van der Waals surface area (Å²) < 4.78 is 0. The van der Waals surface area contributed by atoms with Gasteiger partial charge in [-0.15, -0.1) is 5.10 Å². The highest BCUT2D eigenvalue weighted by atomic mass is 16.1.